The van der Waals surface area contributed by atoms with Crippen LogP contribution in [0.4, 0.5) is 0 Å². The molecule has 15 heavy (non-hydrogen) atoms. The van der Waals surface area contributed by atoms with Crippen molar-refractivity contribution >= 4 is 10.0 Å². The summed E-state index contributed by atoms with van der Waals surface area (Å²) in [7, 11) is -1.61. The van der Waals surface area contributed by atoms with E-state index >= 15 is 0 Å². The van der Waals surface area contributed by atoms with Crippen molar-refractivity contribution in [3.63, 3.8) is 0 Å². The zero-order valence-corrected chi connectivity index (χ0v) is 10.1. The van der Waals surface area contributed by atoms with Gasteiger partial charge in [-0.1, -0.05) is 6.92 Å². The van der Waals surface area contributed by atoms with E-state index in [0.717, 1.165) is 19.3 Å². The Bertz CT molecular complexity index is 335. The van der Waals surface area contributed by atoms with E-state index in [4.69, 9.17) is 4.74 Å². The summed E-state index contributed by atoms with van der Waals surface area (Å²) in [4.78, 5) is 0. The van der Waals surface area contributed by atoms with Crippen LogP contribution in [-0.4, -0.2) is 33.4 Å². The van der Waals surface area contributed by atoms with E-state index in [2.05, 4.69) is 11.6 Å². The van der Waals surface area contributed by atoms with Crippen LogP contribution < -0.4 is 4.72 Å². The molecular formula is C10H19NO3S. The number of ether oxygens (including phenoxy) is 1. The van der Waals surface area contributed by atoms with Crippen molar-refractivity contribution in [1.29, 1.82) is 0 Å². The summed E-state index contributed by atoms with van der Waals surface area (Å²) in [6, 6.07) is 0. The van der Waals surface area contributed by atoms with Crippen LogP contribution in [0.15, 0.2) is 0 Å². The number of rotatable bonds is 6. The molecule has 88 valence electrons. The van der Waals surface area contributed by atoms with Gasteiger partial charge in [0.2, 0.25) is 10.0 Å². The fourth-order valence-corrected chi connectivity index (χ4v) is 3.60. The molecule has 2 unspecified atom stereocenters. The van der Waals surface area contributed by atoms with E-state index in [9.17, 15) is 8.42 Å². The summed E-state index contributed by atoms with van der Waals surface area (Å²) >= 11 is 0. The van der Waals surface area contributed by atoms with Crippen molar-refractivity contribution in [2.45, 2.75) is 30.9 Å². The first-order chi connectivity index (χ1) is 7.01. The van der Waals surface area contributed by atoms with Crippen LogP contribution in [0.5, 0.6) is 0 Å². The average Bonchev–Trinajstić information content (AvgIpc) is 3.02. The van der Waals surface area contributed by atoms with Crippen molar-refractivity contribution in [3.8, 4) is 0 Å². The van der Waals surface area contributed by atoms with Gasteiger partial charge in [-0.15, -0.1) is 0 Å². The van der Waals surface area contributed by atoms with Crippen molar-refractivity contribution in [2.24, 2.45) is 11.8 Å². The normalized spacial score (nSPS) is 32.7. The average molecular weight is 233 g/mol. The third kappa shape index (κ3) is 2.19. The maximum absolute atomic E-state index is 12.0. The zero-order chi connectivity index (χ0) is 11.1. The van der Waals surface area contributed by atoms with E-state index in [0.29, 0.717) is 25.0 Å². The molecule has 0 spiro atoms. The van der Waals surface area contributed by atoms with Gasteiger partial charge in [0.15, 0.2) is 0 Å². The van der Waals surface area contributed by atoms with Crippen LogP contribution >= 0.6 is 0 Å². The minimum atomic E-state index is -3.16. The van der Waals surface area contributed by atoms with Crippen molar-refractivity contribution in [1.82, 2.24) is 4.72 Å². The van der Waals surface area contributed by atoms with Gasteiger partial charge in [0.25, 0.3) is 0 Å². The summed E-state index contributed by atoms with van der Waals surface area (Å²) in [5.41, 5.74) is 0. The summed E-state index contributed by atoms with van der Waals surface area (Å²) in [5, 5.41) is 0. The van der Waals surface area contributed by atoms with E-state index in [1.54, 1.807) is 7.11 Å². The first-order valence-corrected chi connectivity index (χ1v) is 6.97. The van der Waals surface area contributed by atoms with Crippen LogP contribution in [0.3, 0.4) is 0 Å². The minimum absolute atomic E-state index is 0.322. The Kier molecular flexibility index (Phi) is 2.81. The lowest BCUT2D eigenvalue weighted by molar-refractivity contribution is 0.191. The summed E-state index contributed by atoms with van der Waals surface area (Å²) in [5.74, 6) is 1.24. The van der Waals surface area contributed by atoms with Gasteiger partial charge in [-0.3, -0.25) is 0 Å². The fourth-order valence-electron chi connectivity index (χ4n) is 1.95. The Morgan fingerprint density at radius 3 is 2.47 bits per heavy atom. The van der Waals surface area contributed by atoms with Gasteiger partial charge in [0.1, 0.15) is 4.75 Å². The molecule has 0 saturated heterocycles. The molecule has 0 aliphatic heterocycles. The molecule has 2 aliphatic carbocycles. The minimum Gasteiger partial charge on any atom is -0.383 e. The Hall–Kier alpha value is -0.130. The van der Waals surface area contributed by atoms with Crippen molar-refractivity contribution < 1.29 is 13.2 Å². The van der Waals surface area contributed by atoms with Gasteiger partial charge in [-0.25, -0.2) is 13.1 Å². The van der Waals surface area contributed by atoms with Crippen LogP contribution in [-0.2, 0) is 14.8 Å². The highest BCUT2D eigenvalue weighted by Gasteiger charge is 2.54. The highest BCUT2D eigenvalue weighted by molar-refractivity contribution is 7.91. The molecule has 2 atom stereocenters. The Balaban J connectivity index is 1.89. The lowest BCUT2D eigenvalue weighted by Crippen LogP contribution is -2.40. The number of hydrogen-bond donors (Lipinski definition) is 1. The summed E-state index contributed by atoms with van der Waals surface area (Å²) < 4.78 is 31.0. The number of hydrogen-bond acceptors (Lipinski definition) is 3. The summed E-state index contributed by atoms with van der Waals surface area (Å²) in [6.45, 7) is 3.08. The quantitative estimate of drug-likeness (QED) is 0.736. The molecule has 0 aromatic heterocycles. The maximum atomic E-state index is 12.0. The van der Waals surface area contributed by atoms with E-state index in [1.807, 2.05) is 0 Å². The topological polar surface area (TPSA) is 55.4 Å². The molecule has 0 aromatic rings. The Morgan fingerprint density at radius 1 is 1.47 bits per heavy atom. The molecule has 0 aromatic carbocycles. The van der Waals surface area contributed by atoms with Gasteiger partial charge in [0, 0.05) is 13.7 Å². The second-order valence-electron chi connectivity index (χ2n) is 4.94. The van der Waals surface area contributed by atoms with Gasteiger partial charge in [-0.05, 0) is 31.1 Å². The van der Waals surface area contributed by atoms with Crippen molar-refractivity contribution in [2.75, 3.05) is 20.3 Å². The Labute approximate surface area is 91.4 Å². The van der Waals surface area contributed by atoms with Gasteiger partial charge >= 0.3 is 0 Å². The second kappa shape index (κ2) is 3.71. The summed E-state index contributed by atoms with van der Waals surface area (Å²) in [6.07, 6.45) is 2.62. The molecule has 0 amide bonds. The lowest BCUT2D eigenvalue weighted by atomic mass is 10.3. The number of nitrogens with one attached hydrogen (secondary N) is 1. The molecule has 5 heteroatoms. The van der Waals surface area contributed by atoms with E-state index < -0.39 is 14.8 Å². The molecule has 2 rings (SSSR count). The number of methoxy groups -OCH3 is 1. The highest BCUT2D eigenvalue weighted by Crippen LogP contribution is 2.44. The molecule has 0 radical (unpaired) electrons. The first kappa shape index (κ1) is 11.4. The molecule has 1 N–H and O–H groups in total. The van der Waals surface area contributed by atoms with Gasteiger partial charge < -0.3 is 4.74 Å². The largest absolute Gasteiger partial charge is 0.383 e. The Morgan fingerprint density at radius 2 is 2.07 bits per heavy atom. The van der Waals surface area contributed by atoms with Crippen LogP contribution in [0.25, 0.3) is 0 Å². The highest BCUT2D eigenvalue weighted by atomic mass is 32.2. The second-order valence-corrected chi connectivity index (χ2v) is 7.10. The lowest BCUT2D eigenvalue weighted by Gasteiger charge is -2.15. The van der Waals surface area contributed by atoms with Gasteiger partial charge in [-0.2, -0.15) is 0 Å². The van der Waals surface area contributed by atoms with E-state index in [1.165, 1.54) is 0 Å². The molecule has 2 aliphatic rings. The smallest absolute Gasteiger partial charge is 0.219 e. The zero-order valence-electron chi connectivity index (χ0n) is 9.32. The van der Waals surface area contributed by atoms with Gasteiger partial charge in [0.05, 0.1) is 6.61 Å². The molecule has 2 saturated carbocycles. The predicted octanol–water partition coefficient (Wildman–Crippen LogP) is 0.741. The molecule has 4 nitrogen and oxygen atoms in total. The third-order valence-electron chi connectivity index (χ3n) is 3.60. The third-order valence-corrected chi connectivity index (χ3v) is 5.81. The molecule has 0 bridgehead atoms. The molecule has 0 heterocycles. The SMILES string of the molecule is COCC1(S(=O)(=O)NCC2CC2C)CC1. The predicted molar refractivity (Wildman–Crippen MR) is 58.0 cm³/mol. The number of sulfonamides is 1. The van der Waals surface area contributed by atoms with Crippen LogP contribution in [0.1, 0.15) is 26.2 Å². The van der Waals surface area contributed by atoms with Crippen LogP contribution in [0.2, 0.25) is 0 Å². The van der Waals surface area contributed by atoms with Crippen molar-refractivity contribution in [3.05, 3.63) is 0 Å². The first-order valence-electron chi connectivity index (χ1n) is 5.49. The van der Waals surface area contributed by atoms with Crippen LogP contribution in [0, 0.1) is 11.8 Å². The maximum Gasteiger partial charge on any atom is 0.219 e. The molecule has 2 fully saturated rings. The molecular weight excluding hydrogens is 214 g/mol. The standard InChI is InChI=1S/C10H19NO3S/c1-8-5-9(8)6-11-15(12,13)10(3-4-10)7-14-2/h8-9,11H,3-7H2,1-2H3. The van der Waals surface area contributed by atoms with E-state index in [-0.39, 0.29) is 0 Å². The monoisotopic (exact) mass is 233 g/mol. The fraction of sp³-hybridized carbons (Fsp3) is 1.00.